The summed E-state index contributed by atoms with van der Waals surface area (Å²) in [4.78, 5) is 17.0. The summed E-state index contributed by atoms with van der Waals surface area (Å²) in [7, 11) is -2.34. The van der Waals surface area contributed by atoms with Gasteiger partial charge in [0.25, 0.3) is 0 Å². The molecule has 1 saturated heterocycles. The summed E-state index contributed by atoms with van der Waals surface area (Å²) in [6.45, 7) is 2.90. The number of carbonyl (C=O) groups excluding carboxylic acids is 1. The van der Waals surface area contributed by atoms with Gasteiger partial charge in [0.2, 0.25) is 10.0 Å². The van der Waals surface area contributed by atoms with Gasteiger partial charge in [0, 0.05) is 25.5 Å². The summed E-state index contributed by atoms with van der Waals surface area (Å²) in [5.74, 6) is -0.419. The third kappa shape index (κ3) is 3.90. The molecule has 1 aliphatic rings. The lowest BCUT2D eigenvalue weighted by Gasteiger charge is -2.18. The van der Waals surface area contributed by atoms with Crippen molar-refractivity contribution in [3.63, 3.8) is 0 Å². The Morgan fingerprint density at radius 1 is 1.13 bits per heavy atom. The normalized spacial score (nSPS) is 14.9. The van der Waals surface area contributed by atoms with Gasteiger partial charge in [0.05, 0.1) is 18.4 Å². The molecule has 0 radical (unpaired) electrons. The first-order valence-corrected chi connectivity index (χ1v) is 11.1. The summed E-state index contributed by atoms with van der Waals surface area (Å²) in [5.41, 5.74) is 2.60. The zero-order chi connectivity index (χ0) is 21.3. The molecule has 30 heavy (non-hydrogen) atoms. The average molecular weight is 429 g/mol. The fourth-order valence-corrected chi connectivity index (χ4v) is 5.22. The molecule has 0 saturated carbocycles. The number of fused-ring (bicyclic) bond motifs is 1. The van der Waals surface area contributed by atoms with Crippen LogP contribution in [-0.2, 0) is 21.4 Å². The SMILES string of the molecule is COc1ccc(C(=O)OCc2cn3cc(C)ccc3n2)cc1S(=O)(=O)N1CCCC1. The van der Waals surface area contributed by atoms with Crippen molar-refractivity contribution < 1.29 is 22.7 Å². The van der Waals surface area contributed by atoms with E-state index in [4.69, 9.17) is 9.47 Å². The molecule has 0 bridgehead atoms. The zero-order valence-electron chi connectivity index (χ0n) is 16.9. The van der Waals surface area contributed by atoms with Gasteiger partial charge in [-0.3, -0.25) is 0 Å². The van der Waals surface area contributed by atoms with E-state index in [1.807, 2.05) is 29.7 Å². The number of nitrogens with zero attached hydrogens (tertiary/aromatic N) is 3. The standard InChI is InChI=1S/C21H23N3O5S/c1-15-5-8-20-22-17(13-23(20)12-15)14-29-21(25)16-6-7-18(28-2)19(11-16)30(26,27)24-9-3-4-10-24/h5-8,11-13H,3-4,9-10,14H2,1-2H3. The predicted octanol–water partition coefficient (Wildman–Crippen LogP) is 2.79. The van der Waals surface area contributed by atoms with Gasteiger partial charge >= 0.3 is 5.97 Å². The van der Waals surface area contributed by atoms with Crippen LogP contribution in [-0.4, -0.2) is 48.3 Å². The number of pyridine rings is 1. The molecule has 2 aromatic heterocycles. The molecule has 0 spiro atoms. The molecule has 158 valence electrons. The average Bonchev–Trinajstić information content (AvgIpc) is 3.41. The molecular weight excluding hydrogens is 406 g/mol. The minimum Gasteiger partial charge on any atom is -0.495 e. The topological polar surface area (TPSA) is 90.2 Å². The molecule has 0 atom stereocenters. The maximum absolute atomic E-state index is 13.0. The lowest BCUT2D eigenvalue weighted by atomic mass is 10.2. The van der Waals surface area contributed by atoms with Gasteiger partial charge in [0.1, 0.15) is 22.9 Å². The van der Waals surface area contributed by atoms with Gasteiger partial charge in [-0.05, 0) is 49.6 Å². The van der Waals surface area contributed by atoms with E-state index in [1.165, 1.54) is 29.6 Å². The Bertz CT molecular complexity index is 1200. The molecule has 0 amide bonds. The number of rotatable bonds is 6. The second kappa shape index (κ2) is 8.08. The van der Waals surface area contributed by atoms with Crippen molar-refractivity contribution >= 4 is 21.6 Å². The first kappa shape index (κ1) is 20.4. The van der Waals surface area contributed by atoms with E-state index >= 15 is 0 Å². The van der Waals surface area contributed by atoms with Crippen LogP contribution >= 0.6 is 0 Å². The number of carbonyl (C=O) groups is 1. The second-order valence-electron chi connectivity index (χ2n) is 7.26. The van der Waals surface area contributed by atoms with Gasteiger partial charge in [-0.2, -0.15) is 4.31 Å². The first-order valence-electron chi connectivity index (χ1n) is 9.68. The Kier molecular flexibility index (Phi) is 5.48. The number of hydrogen-bond acceptors (Lipinski definition) is 6. The molecule has 3 heterocycles. The van der Waals surface area contributed by atoms with Crippen molar-refractivity contribution in [2.45, 2.75) is 31.3 Å². The van der Waals surface area contributed by atoms with Gasteiger partial charge in [0.15, 0.2) is 0 Å². The van der Waals surface area contributed by atoms with Crippen LogP contribution in [0.25, 0.3) is 5.65 Å². The summed E-state index contributed by atoms with van der Waals surface area (Å²) in [6, 6.07) is 8.14. The number of benzene rings is 1. The van der Waals surface area contributed by atoms with Crippen LogP contribution in [0.1, 0.15) is 34.5 Å². The van der Waals surface area contributed by atoms with Crippen molar-refractivity contribution in [1.29, 1.82) is 0 Å². The first-order chi connectivity index (χ1) is 14.4. The molecular formula is C21H23N3O5S. The number of methoxy groups -OCH3 is 1. The van der Waals surface area contributed by atoms with Crippen LogP contribution in [0.4, 0.5) is 0 Å². The maximum atomic E-state index is 13.0. The summed E-state index contributed by atoms with van der Waals surface area (Å²) in [6.07, 6.45) is 5.38. The van der Waals surface area contributed by atoms with Crippen molar-refractivity contribution in [3.8, 4) is 5.75 Å². The van der Waals surface area contributed by atoms with Crippen molar-refractivity contribution in [1.82, 2.24) is 13.7 Å². The van der Waals surface area contributed by atoms with Crippen LogP contribution in [0.2, 0.25) is 0 Å². The Labute approximate surface area is 175 Å². The highest BCUT2D eigenvalue weighted by Crippen LogP contribution is 2.30. The van der Waals surface area contributed by atoms with E-state index in [9.17, 15) is 13.2 Å². The van der Waals surface area contributed by atoms with E-state index in [0.717, 1.165) is 24.1 Å². The van der Waals surface area contributed by atoms with Crippen molar-refractivity contribution in [2.24, 2.45) is 0 Å². The number of aromatic nitrogens is 2. The molecule has 0 aliphatic carbocycles. The summed E-state index contributed by atoms with van der Waals surface area (Å²) >= 11 is 0. The van der Waals surface area contributed by atoms with E-state index in [1.54, 1.807) is 6.20 Å². The third-order valence-electron chi connectivity index (χ3n) is 5.08. The van der Waals surface area contributed by atoms with Gasteiger partial charge in [-0.1, -0.05) is 6.07 Å². The fourth-order valence-electron chi connectivity index (χ4n) is 3.52. The number of hydrogen-bond donors (Lipinski definition) is 0. The van der Waals surface area contributed by atoms with Gasteiger partial charge in [-0.25, -0.2) is 18.2 Å². The van der Waals surface area contributed by atoms with Crippen LogP contribution in [0, 0.1) is 6.92 Å². The number of ether oxygens (including phenoxy) is 2. The zero-order valence-corrected chi connectivity index (χ0v) is 17.7. The van der Waals surface area contributed by atoms with Crippen molar-refractivity contribution in [2.75, 3.05) is 20.2 Å². The summed E-state index contributed by atoms with van der Waals surface area (Å²) < 4.78 is 39.8. The van der Waals surface area contributed by atoms with Crippen LogP contribution < -0.4 is 4.74 Å². The highest BCUT2D eigenvalue weighted by Gasteiger charge is 2.30. The lowest BCUT2D eigenvalue weighted by molar-refractivity contribution is 0.0468. The molecule has 0 N–H and O–H groups in total. The quantitative estimate of drug-likeness (QED) is 0.560. The molecule has 9 heteroatoms. The van der Waals surface area contributed by atoms with Crippen molar-refractivity contribution in [3.05, 3.63) is 59.5 Å². The highest BCUT2D eigenvalue weighted by molar-refractivity contribution is 7.89. The minimum atomic E-state index is -3.74. The molecule has 1 fully saturated rings. The van der Waals surface area contributed by atoms with Crippen LogP contribution in [0.15, 0.2) is 47.6 Å². The summed E-state index contributed by atoms with van der Waals surface area (Å²) in [5, 5.41) is 0. The Hall–Kier alpha value is -2.91. The van der Waals surface area contributed by atoms with Gasteiger partial charge < -0.3 is 13.9 Å². The lowest BCUT2D eigenvalue weighted by Crippen LogP contribution is -2.28. The molecule has 1 aromatic carbocycles. The van der Waals surface area contributed by atoms with Crippen LogP contribution in [0.5, 0.6) is 5.75 Å². The maximum Gasteiger partial charge on any atom is 0.338 e. The number of sulfonamides is 1. The third-order valence-corrected chi connectivity index (χ3v) is 7.00. The van der Waals surface area contributed by atoms with Crippen LogP contribution in [0.3, 0.4) is 0 Å². The van der Waals surface area contributed by atoms with E-state index in [-0.39, 0.29) is 22.8 Å². The molecule has 8 nitrogen and oxygen atoms in total. The number of aryl methyl sites for hydroxylation is 1. The molecule has 3 aromatic rings. The largest absolute Gasteiger partial charge is 0.495 e. The predicted molar refractivity (Wildman–Crippen MR) is 110 cm³/mol. The monoisotopic (exact) mass is 429 g/mol. The Balaban J connectivity index is 1.54. The van der Waals surface area contributed by atoms with E-state index in [0.29, 0.717) is 18.8 Å². The van der Waals surface area contributed by atoms with E-state index < -0.39 is 16.0 Å². The van der Waals surface area contributed by atoms with E-state index in [2.05, 4.69) is 4.98 Å². The molecule has 4 rings (SSSR count). The molecule has 1 aliphatic heterocycles. The minimum absolute atomic E-state index is 0.0141. The number of esters is 1. The smallest absolute Gasteiger partial charge is 0.338 e. The second-order valence-corrected chi connectivity index (χ2v) is 9.16. The Morgan fingerprint density at radius 3 is 2.63 bits per heavy atom. The highest BCUT2D eigenvalue weighted by atomic mass is 32.2. The number of imidazole rings is 1. The Morgan fingerprint density at radius 2 is 1.90 bits per heavy atom. The fraction of sp³-hybridized carbons (Fsp3) is 0.333. The van der Waals surface area contributed by atoms with Gasteiger partial charge in [-0.15, -0.1) is 0 Å². The molecule has 0 unspecified atom stereocenters.